The van der Waals surface area contributed by atoms with E-state index in [-0.39, 0.29) is 19.0 Å². The Kier molecular flexibility index (Phi) is 8.10. The summed E-state index contributed by atoms with van der Waals surface area (Å²) < 4.78 is 0. The normalized spacial score (nSPS) is 12.8. The summed E-state index contributed by atoms with van der Waals surface area (Å²) in [6.45, 7) is 0.0322. The van der Waals surface area contributed by atoms with E-state index in [2.05, 4.69) is 10.6 Å². The van der Waals surface area contributed by atoms with Crippen LogP contribution in [0, 0.1) is 0 Å². The Bertz CT molecular complexity index is 737. The van der Waals surface area contributed by atoms with Crippen LogP contribution in [0.4, 0.5) is 4.79 Å². The van der Waals surface area contributed by atoms with Crippen molar-refractivity contribution in [3.63, 3.8) is 0 Å². The van der Waals surface area contributed by atoms with Crippen molar-refractivity contribution in [3.8, 4) is 0 Å². The molecule has 6 nitrogen and oxygen atoms in total. The molecule has 0 saturated carbocycles. The molecule has 2 aromatic rings. The summed E-state index contributed by atoms with van der Waals surface area (Å²) in [6, 6.07) is 15.5. The summed E-state index contributed by atoms with van der Waals surface area (Å²) in [5.41, 5.74) is 1.65. The largest absolute Gasteiger partial charge is 0.481 e. The molecule has 2 atom stereocenters. The van der Waals surface area contributed by atoms with Crippen LogP contribution in [-0.4, -0.2) is 34.8 Å². The van der Waals surface area contributed by atoms with Gasteiger partial charge in [0, 0.05) is 24.0 Å². The molecule has 0 spiro atoms. The van der Waals surface area contributed by atoms with Gasteiger partial charge in [0.25, 0.3) is 0 Å². The lowest BCUT2D eigenvalue weighted by Crippen LogP contribution is -2.44. The molecular formula is C20H23ClN2O4. The van der Waals surface area contributed by atoms with Crippen LogP contribution < -0.4 is 10.6 Å². The summed E-state index contributed by atoms with van der Waals surface area (Å²) in [5.74, 6) is -0.909. The average molecular weight is 391 g/mol. The Morgan fingerprint density at radius 1 is 1.04 bits per heavy atom. The quantitative estimate of drug-likeness (QED) is 0.528. The van der Waals surface area contributed by atoms with Crippen LogP contribution in [0.5, 0.6) is 0 Å². The number of hydrogen-bond acceptors (Lipinski definition) is 3. The fraction of sp³-hybridized carbons (Fsp3) is 0.300. The number of halogens is 1. The minimum Gasteiger partial charge on any atom is -0.481 e. The van der Waals surface area contributed by atoms with E-state index >= 15 is 0 Å². The highest BCUT2D eigenvalue weighted by atomic mass is 35.5. The van der Waals surface area contributed by atoms with E-state index in [4.69, 9.17) is 16.7 Å². The Labute approximate surface area is 163 Å². The van der Waals surface area contributed by atoms with Crippen molar-refractivity contribution < 1.29 is 19.8 Å². The Morgan fingerprint density at radius 3 is 2.33 bits per heavy atom. The van der Waals surface area contributed by atoms with Crippen LogP contribution in [0.3, 0.4) is 0 Å². The third-order valence-corrected chi connectivity index (χ3v) is 4.33. The SMILES string of the molecule is O=C(O)CCC(Cc1ccccc1)NC(=O)NC[C@@H](O)c1ccc(Cl)cc1. The standard InChI is InChI=1S/C20H23ClN2O4/c21-16-8-6-15(7-9-16)18(24)13-22-20(27)23-17(10-11-19(25)26)12-14-4-2-1-3-5-14/h1-9,17-18,24H,10-13H2,(H,25,26)(H2,22,23,27)/t17?,18-/m1/s1. The Morgan fingerprint density at radius 2 is 1.70 bits per heavy atom. The van der Waals surface area contributed by atoms with E-state index in [0.29, 0.717) is 23.4 Å². The summed E-state index contributed by atoms with van der Waals surface area (Å²) in [4.78, 5) is 23.0. The second-order valence-electron chi connectivity index (χ2n) is 6.24. The zero-order chi connectivity index (χ0) is 19.6. The fourth-order valence-corrected chi connectivity index (χ4v) is 2.78. The molecule has 0 fully saturated rings. The molecule has 0 aliphatic carbocycles. The zero-order valence-corrected chi connectivity index (χ0v) is 15.5. The molecule has 4 N–H and O–H groups in total. The van der Waals surface area contributed by atoms with Crippen molar-refractivity contribution in [1.29, 1.82) is 0 Å². The number of hydrogen-bond donors (Lipinski definition) is 4. The molecule has 27 heavy (non-hydrogen) atoms. The number of nitrogens with one attached hydrogen (secondary N) is 2. The number of carbonyl (C=O) groups is 2. The Balaban J connectivity index is 1.87. The van der Waals surface area contributed by atoms with Crippen LogP contribution in [0.25, 0.3) is 0 Å². The second kappa shape index (κ2) is 10.5. The predicted octanol–water partition coefficient (Wildman–Crippen LogP) is 3.15. The maximum Gasteiger partial charge on any atom is 0.315 e. The molecule has 2 amide bonds. The van der Waals surface area contributed by atoms with Gasteiger partial charge < -0.3 is 20.8 Å². The van der Waals surface area contributed by atoms with Crippen molar-refractivity contribution in [3.05, 3.63) is 70.7 Å². The molecule has 0 bridgehead atoms. The topological polar surface area (TPSA) is 98.7 Å². The molecule has 0 aromatic heterocycles. The van der Waals surface area contributed by atoms with Gasteiger partial charge >= 0.3 is 12.0 Å². The van der Waals surface area contributed by atoms with Crippen molar-refractivity contribution in [2.45, 2.75) is 31.4 Å². The summed E-state index contributed by atoms with van der Waals surface area (Å²) in [7, 11) is 0. The van der Waals surface area contributed by atoms with Gasteiger partial charge in [-0.1, -0.05) is 54.1 Å². The van der Waals surface area contributed by atoms with Crippen LogP contribution in [0.1, 0.15) is 30.1 Å². The van der Waals surface area contributed by atoms with Gasteiger partial charge in [-0.15, -0.1) is 0 Å². The van der Waals surface area contributed by atoms with Crippen LogP contribution in [0.2, 0.25) is 5.02 Å². The van der Waals surface area contributed by atoms with E-state index in [9.17, 15) is 14.7 Å². The van der Waals surface area contributed by atoms with Crippen LogP contribution in [-0.2, 0) is 11.2 Å². The third-order valence-electron chi connectivity index (χ3n) is 4.08. The number of carboxylic acids is 1. The van der Waals surface area contributed by atoms with Gasteiger partial charge in [0.15, 0.2) is 0 Å². The molecule has 2 aromatic carbocycles. The summed E-state index contributed by atoms with van der Waals surface area (Å²) in [6.07, 6.45) is -0.0521. The second-order valence-corrected chi connectivity index (χ2v) is 6.68. The number of amides is 2. The van der Waals surface area contributed by atoms with Gasteiger partial charge in [-0.05, 0) is 36.1 Å². The first-order chi connectivity index (χ1) is 12.9. The first-order valence-corrected chi connectivity index (χ1v) is 9.05. The molecule has 0 saturated heterocycles. The predicted molar refractivity (Wildman–Crippen MR) is 104 cm³/mol. The minimum atomic E-state index is -0.909. The van der Waals surface area contributed by atoms with Gasteiger partial charge in [0.05, 0.1) is 6.10 Å². The number of aliphatic hydroxyl groups is 1. The highest BCUT2D eigenvalue weighted by Crippen LogP contribution is 2.15. The van der Waals surface area contributed by atoms with Gasteiger partial charge in [0.2, 0.25) is 0 Å². The Hall–Kier alpha value is -2.57. The fourth-order valence-electron chi connectivity index (χ4n) is 2.65. The molecule has 0 aliphatic heterocycles. The summed E-state index contributed by atoms with van der Waals surface area (Å²) >= 11 is 5.82. The molecule has 1 unspecified atom stereocenters. The maximum absolute atomic E-state index is 12.2. The van der Waals surface area contributed by atoms with E-state index < -0.39 is 18.1 Å². The number of aliphatic carboxylic acids is 1. The molecule has 144 valence electrons. The minimum absolute atomic E-state index is 0.0322. The molecule has 0 heterocycles. The van der Waals surface area contributed by atoms with Gasteiger partial charge in [0.1, 0.15) is 0 Å². The molecular weight excluding hydrogens is 368 g/mol. The van der Waals surface area contributed by atoms with E-state index in [0.717, 1.165) is 5.56 Å². The number of aliphatic hydroxyl groups excluding tert-OH is 1. The number of urea groups is 1. The van der Waals surface area contributed by atoms with Crippen molar-refractivity contribution in [1.82, 2.24) is 10.6 Å². The molecule has 0 radical (unpaired) electrons. The van der Waals surface area contributed by atoms with Crippen molar-refractivity contribution in [2.24, 2.45) is 0 Å². The van der Waals surface area contributed by atoms with Crippen LogP contribution >= 0.6 is 11.6 Å². The number of carboxylic acid groups (broad SMARTS) is 1. The highest BCUT2D eigenvalue weighted by molar-refractivity contribution is 6.30. The molecule has 0 aliphatic rings. The first-order valence-electron chi connectivity index (χ1n) is 8.67. The average Bonchev–Trinajstić information content (AvgIpc) is 2.65. The zero-order valence-electron chi connectivity index (χ0n) is 14.8. The van der Waals surface area contributed by atoms with Gasteiger partial charge in [-0.2, -0.15) is 0 Å². The highest BCUT2D eigenvalue weighted by Gasteiger charge is 2.16. The number of carbonyl (C=O) groups excluding carboxylic acids is 1. The van der Waals surface area contributed by atoms with Crippen molar-refractivity contribution in [2.75, 3.05) is 6.54 Å². The van der Waals surface area contributed by atoms with E-state index in [1.807, 2.05) is 30.3 Å². The monoisotopic (exact) mass is 390 g/mol. The lowest BCUT2D eigenvalue weighted by Gasteiger charge is -2.20. The smallest absolute Gasteiger partial charge is 0.315 e. The number of rotatable bonds is 9. The molecule has 2 rings (SSSR count). The lowest BCUT2D eigenvalue weighted by molar-refractivity contribution is -0.137. The maximum atomic E-state index is 12.2. The van der Waals surface area contributed by atoms with Crippen molar-refractivity contribution >= 4 is 23.6 Å². The third kappa shape index (κ3) is 7.68. The number of benzene rings is 2. The van der Waals surface area contributed by atoms with Crippen LogP contribution in [0.15, 0.2) is 54.6 Å². The lowest BCUT2D eigenvalue weighted by atomic mass is 10.0. The molecule has 7 heteroatoms. The van der Waals surface area contributed by atoms with Gasteiger partial charge in [-0.3, -0.25) is 4.79 Å². The van der Waals surface area contributed by atoms with E-state index in [1.165, 1.54) is 0 Å². The first kappa shape index (κ1) is 20.7. The summed E-state index contributed by atoms with van der Waals surface area (Å²) in [5, 5.41) is 25.0. The van der Waals surface area contributed by atoms with E-state index in [1.54, 1.807) is 24.3 Å². The van der Waals surface area contributed by atoms with Gasteiger partial charge in [-0.25, -0.2) is 4.79 Å².